The van der Waals surface area contributed by atoms with Gasteiger partial charge in [0, 0.05) is 6.42 Å². The van der Waals surface area contributed by atoms with Crippen LogP contribution in [0.2, 0.25) is 0 Å². The standard InChI is InChI=1S/C31H42O/c1-22-10-8-12-26(24(22)3)15-16-27-13-9-19-31(4)28(17-18-29(27)31)14-7-5-6-11-25-20-23(2)30(32)21-25/h5-7,11,15-16,22,25,28-29H,2-3,8-10,12-14,17-21H2,1,4H3/b7-5+,11-6+,26-15-,27-16+. The maximum atomic E-state index is 11.6. The van der Waals surface area contributed by atoms with Gasteiger partial charge in [0.2, 0.25) is 0 Å². The fourth-order valence-electron chi connectivity index (χ4n) is 6.95. The van der Waals surface area contributed by atoms with Gasteiger partial charge in [-0.1, -0.05) is 69.0 Å². The molecular formula is C31H42O. The molecule has 32 heavy (non-hydrogen) atoms. The molecule has 4 rings (SSSR count). The van der Waals surface area contributed by atoms with Crippen LogP contribution >= 0.6 is 0 Å². The van der Waals surface area contributed by atoms with Gasteiger partial charge in [0.05, 0.1) is 0 Å². The second kappa shape index (κ2) is 9.94. The summed E-state index contributed by atoms with van der Waals surface area (Å²) in [4.78, 5) is 11.6. The lowest BCUT2D eigenvalue weighted by atomic mass is 9.63. The quantitative estimate of drug-likeness (QED) is 0.316. The normalized spacial score (nSPS) is 38.6. The van der Waals surface area contributed by atoms with E-state index < -0.39 is 0 Å². The summed E-state index contributed by atoms with van der Waals surface area (Å²) in [5, 5.41) is 0. The van der Waals surface area contributed by atoms with Crippen LogP contribution in [0, 0.1) is 29.1 Å². The SMILES string of the molecule is C=C1CC(/C=C/C=C/CC2CCC3/C(=C/C=C4/CCCC(C)C4=C)CCCC23C)CC1=O. The second-order valence-electron chi connectivity index (χ2n) is 11.2. The smallest absolute Gasteiger partial charge is 0.158 e. The van der Waals surface area contributed by atoms with Gasteiger partial charge in [0.25, 0.3) is 0 Å². The van der Waals surface area contributed by atoms with E-state index in [2.05, 4.69) is 63.5 Å². The second-order valence-corrected chi connectivity index (χ2v) is 11.2. The number of fused-ring (bicyclic) bond motifs is 1. The zero-order valence-corrected chi connectivity index (χ0v) is 20.4. The first-order valence-corrected chi connectivity index (χ1v) is 13.0. The number of hydrogen-bond donors (Lipinski definition) is 0. The van der Waals surface area contributed by atoms with Gasteiger partial charge in [0.1, 0.15) is 0 Å². The summed E-state index contributed by atoms with van der Waals surface area (Å²) in [6, 6.07) is 0. The molecule has 5 unspecified atom stereocenters. The first-order chi connectivity index (χ1) is 15.4. The van der Waals surface area contributed by atoms with Gasteiger partial charge in [-0.3, -0.25) is 4.79 Å². The first-order valence-electron chi connectivity index (χ1n) is 13.0. The summed E-state index contributed by atoms with van der Waals surface area (Å²) in [7, 11) is 0. The van der Waals surface area contributed by atoms with Crippen molar-refractivity contribution in [1.82, 2.24) is 0 Å². The van der Waals surface area contributed by atoms with Gasteiger partial charge in [0.15, 0.2) is 5.78 Å². The van der Waals surface area contributed by atoms with Gasteiger partial charge >= 0.3 is 0 Å². The van der Waals surface area contributed by atoms with Crippen LogP contribution in [0.1, 0.15) is 84.5 Å². The molecule has 0 aromatic carbocycles. The highest BCUT2D eigenvalue weighted by molar-refractivity contribution is 5.97. The molecule has 0 aromatic heterocycles. The molecule has 1 heteroatoms. The Morgan fingerprint density at radius 1 is 1.03 bits per heavy atom. The molecular weight excluding hydrogens is 388 g/mol. The highest BCUT2D eigenvalue weighted by Crippen LogP contribution is 2.58. The van der Waals surface area contributed by atoms with Crippen molar-refractivity contribution in [3.8, 4) is 0 Å². The predicted octanol–water partition coefficient (Wildman–Crippen LogP) is 8.47. The Hall–Kier alpha value is -1.89. The van der Waals surface area contributed by atoms with E-state index in [1.807, 2.05) is 0 Å². The van der Waals surface area contributed by atoms with Crippen molar-refractivity contribution in [2.75, 3.05) is 0 Å². The fraction of sp³-hybridized carbons (Fsp3) is 0.581. The summed E-state index contributed by atoms with van der Waals surface area (Å²) < 4.78 is 0. The van der Waals surface area contributed by atoms with E-state index in [9.17, 15) is 4.79 Å². The monoisotopic (exact) mass is 430 g/mol. The molecule has 4 aliphatic rings. The zero-order chi connectivity index (χ0) is 22.7. The summed E-state index contributed by atoms with van der Waals surface area (Å²) >= 11 is 0. The Kier molecular flexibility index (Phi) is 7.23. The van der Waals surface area contributed by atoms with Crippen molar-refractivity contribution in [1.29, 1.82) is 0 Å². The van der Waals surface area contributed by atoms with Crippen LogP contribution in [0.4, 0.5) is 0 Å². The van der Waals surface area contributed by atoms with Gasteiger partial charge < -0.3 is 0 Å². The Balaban J connectivity index is 1.36. The van der Waals surface area contributed by atoms with E-state index in [4.69, 9.17) is 0 Å². The lowest BCUT2D eigenvalue weighted by Crippen LogP contribution is -2.33. The molecule has 1 nitrogen and oxygen atoms in total. The fourth-order valence-corrected chi connectivity index (χ4v) is 6.95. The van der Waals surface area contributed by atoms with Crippen molar-refractivity contribution in [3.05, 3.63) is 71.9 Å². The predicted molar refractivity (Wildman–Crippen MR) is 136 cm³/mol. The van der Waals surface area contributed by atoms with E-state index in [1.54, 1.807) is 5.57 Å². The topological polar surface area (TPSA) is 17.1 Å². The van der Waals surface area contributed by atoms with E-state index in [0.29, 0.717) is 23.7 Å². The maximum absolute atomic E-state index is 11.6. The van der Waals surface area contributed by atoms with E-state index in [0.717, 1.165) is 23.8 Å². The average molecular weight is 431 g/mol. The van der Waals surface area contributed by atoms with Crippen LogP contribution in [-0.2, 0) is 4.79 Å². The number of rotatable bonds is 5. The van der Waals surface area contributed by atoms with E-state index in [-0.39, 0.29) is 5.78 Å². The van der Waals surface area contributed by atoms with Crippen molar-refractivity contribution >= 4 is 5.78 Å². The Morgan fingerprint density at radius 3 is 2.66 bits per heavy atom. The van der Waals surface area contributed by atoms with E-state index >= 15 is 0 Å². The highest BCUT2D eigenvalue weighted by Gasteiger charge is 2.48. The molecule has 0 aromatic rings. The van der Waals surface area contributed by atoms with Gasteiger partial charge in [-0.2, -0.15) is 0 Å². The largest absolute Gasteiger partial charge is 0.295 e. The highest BCUT2D eigenvalue weighted by atomic mass is 16.1. The minimum atomic E-state index is 0.243. The third kappa shape index (κ3) is 4.87. The molecule has 0 heterocycles. The van der Waals surface area contributed by atoms with Crippen LogP contribution in [0.25, 0.3) is 0 Å². The van der Waals surface area contributed by atoms with Crippen molar-refractivity contribution < 1.29 is 4.79 Å². The summed E-state index contributed by atoms with van der Waals surface area (Å²) in [6.45, 7) is 13.1. The summed E-state index contributed by atoms with van der Waals surface area (Å²) in [5.74, 6) is 2.79. The van der Waals surface area contributed by atoms with Crippen LogP contribution in [0.5, 0.6) is 0 Å². The number of hydrogen-bond acceptors (Lipinski definition) is 1. The summed E-state index contributed by atoms with van der Waals surface area (Å²) in [6.07, 6.45) is 27.0. The Labute approximate surface area is 196 Å². The van der Waals surface area contributed by atoms with Crippen LogP contribution in [0.3, 0.4) is 0 Å². The molecule has 0 saturated heterocycles. The molecule has 4 aliphatic carbocycles. The minimum absolute atomic E-state index is 0.243. The molecule has 0 spiro atoms. The van der Waals surface area contributed by atoms with E-state index in [1.165, 1.54) is 68.9 Å². The number of carbonyl (C=O) groups is 1. The lowest BCUT2D eigenvalue weighted by Gasteiger charge is -2.42. The Morgan fingerprint density at radius 2 is 1.88 bits per heavy atom. The van der Waals surface area contributed by atoms with Crippen LogP contribution < -0.4 is 0 Å². The minimum Gasteiger partial charge on any atom is -0.295 e. The van der Waals surface area contributed by atoms with Crippen LogP contribution in [0.15, 0.2) is 71.9 Å². The Bertz CT molecular complexity index is 862. The maximum Gasteiger partial charge on any atom is 0.158 e. The molecule has 0 aliphatic heterocycles. The molecule has 4 fully saturated rings. The van der Waals surface area contributed by atoms with Crippen LogP contribution in [-0.4, -0.2) is 5.78 Å². The molecule has 172 valence electrons. The third-order valence-corrected chi connectivity index (χ3v) is 9.15. The number of carbonyl (C=O) groups excluding carboxylic acids is 1. The zero-order valence-electron chi connectivity index (χ0n) is 20.4. The molecule has 0 radical (unpaired) electrons. The van der Waals surface area contributed by atoms with Crippen molar-refractivity contribution in [2.24, 2.45) is 29.1 Å². The third-order valence-electron chi connectivity index (χ3n) is 9.15. The van der Waals surface area contributed by atoms with Gasteiger partial charge in [-0.15, -0.1) is 0 Å². The lowest BCUT2D eigenvalue weighted by molar-refractivity contribution is -0.114. The first kappa shape index (κ1) is 23.3. The average Bonchev–Trinajstić information content (AvgIpc) is 3.27. The molecule has 4 saturated carbocycles. The number of allylic oxidation sites excluding steroid dienone is 10. The van der Waals surface area contributed by atoms with Crippen molar-refractivity contribution in [3.63, 3.8) is 0 Å². The molecule has 0 bridgehead atoms. The number of ketones is 1. The molecule has 5 atom stereocenters. The summed E-state index contributed by atoms with van der Waals surface area (Å²) in [5.41, 5.74) is 5.83. The number of Topliss-reactive ketones (excluding diaryl/α,β-unsaturated/α-hetero) is 1. The van der Waals surface area contributed by atoms with Gasteiger partial charge in [-0.25, -0.2) is 0 Å². The molecule has 0 N–H and O–H groups in total. The molecule has 0 amide bonds. The van der Waals surface area contributed by atoms with Gasteiger partial charge in [-0.05, 0) is 110 Å². The van der Waals surface area contributed by atoms with Crippen molar-refractivity contribution in [2.45, 2.75) is 84.5 Å².